The second kappa shape index (κ2) is 3.94. The first-order valence-electron chi connectivity index (χ1n) is 4.12. The molecule has 1 rings (SSSR count). The Balaban J connectivity index is 3.11. The number of anilines is 1. The third-order valence-corrected chi connectivity index (χ3v) is 2.36. The van der Waals surface area contributed by atoms with Gasteiger partial charge in [0.15, 0.2) is 0 Å². The fraction of sp³-hybridized carbons (Fsp3) is 0.400. The zero-order valence-electron chi connectivity index (χ0n) is 7.69. The highest BCUT2D eigenvalue weighted by atomic mass is 79.9. The maximum Gasteiger partial charge on any atom is 0.0478 e. The van der Waals surface area contributed by atoms with E-state index in [1.807, 2.05) is 0 Å². The molecule has 0 aliphatic heterocycles. The zero-order chi connectivity index (χ0) is 9.14. The van der Waals surface area contributed by atoms with Crippen LogP contribution in [0.3, 0.4) is 0 Å². The quantitative estimate of drug-likeness (QED) is 0.758. The molecule has 0 heterocycles. The molecule has 0 aliphatic rings. The van der Waals surface area contributed by atoms with E-state index < -0.39 is 0 Å². The number of rotatable bonds is 2. The molecule has 66 valence electrons. The van der Waals surface area contributed by atoms with Gasteiger partial charge in [-0.1, -0.05) is 26.0 Å². The van der Waals surface area contributed by atoms with Crippen molar-refractivity contribution in [2.45, 2.75) is 26.7 Å². The van der Waals surface area contributed by atoms with Gasteiger partial charge in [0.25, 0.3) is 0 Å². The molecule has 12 heavy (non-hydrogen) atoms. The van der Waals surface area contributed by atoms with Gasteiger partial charge in [-0.15, -0.1) is 0 Å². The second-order valence-corrected chi connectivity index (χ2v) is 3.74. The summed E-state index contributed by atoms with van der Waals surface area (Å²) in [5.41, 5.74) is 3.80. The number of nitrogens with one attached hydrogen (secondary N) is 1. The summed E-state index contributed by atoms with van der Waals surface area (Å²) in [5.74, 6) is 0.561. The summed E-state index contributed by atoms with van der Waals surface area (Å²) in [6.45, 7) is 6.48. The highest BCUT2D eigenvalue weighted by molar-refractivity contribution is 9.10. The molecule has 0 aliphatic carbocycles. The fourth-order valence-electron chi connectivity index (χ4n) is 1.26. The van der Waals surface area contributed by atoms with Gasteiger partial charge in [-0.3, -0.25) is 0 Å². The SMILES string of the molecule is Cc1ccc(C(C)C)c(NBr)c1. The van der Waals surface area contributed by atoms with Gasteiger partial charge in [-0.05, 0) is 30.0 Å². The van der Waals surface area contributed by atoms with Crippen molar-refractivity contribution in [2.24, 2.45) is 0 Å². The minimum atomic E-state index is 0.561. The molecule has 0 saturated heterocycles. The Bertz CT molecular complexity index is 269. The summed E-state index contributed by atoms with van der Waals surface area (Å²) in [7, 11) is 0. The van der Waals surface area contributed by atoms with Crippen LogP contribution in [-0.2, 0) is 0 Å². The fourth-order valence-corrected chi connectivity index (χ4v) is 1.60. The van der Waals surface area contributed by atoms with Crippen LogP contribution in [0.25, 0.3) is 0 Å². The van der Waals surface area contributed by atoms with Crippen molar-refractivity contribution in [3.05, 3.63) is 29.3 Å². The Labute approximate surface area is 82.5 Å². The summed E-state index contributed by atoms with van der Waals surface area (Å²) in [5, 5.41) is 0. The summed E-state index contributed by atoms with van der Waals surface area (Å²) in [4.78, 5) is 0. The van der Waals surface area contributed by atoms with E-state index in [1.54, 1.807) is 0 Å². The van der Waals surface area contributed by atoms with E-state index >= 15 is 0 Å². The van der Waals surface area contributed by atoms with Gasteiger partial charge in [-0.2, -0.15) is 0 Å². The molecule has 0 amide bonds. The molecular weight excluding hydrogens is 214 g/mol. The minimum Gasteiger partial charge on any atom is -0.322 e. The topological polar surface area (TPSA) is 12.0 Å². The average molecular weight is 228 g/mol. The van der Waals surface area contributed by atoms with Crippen molar-refractivity contribution in [1.82, 2.24) is 0 Å². The minimum absolute atomic E-state index is 0.561. The number of benzene rings is 1. The summed E-state index contributed by atoms with van der Waals surface area (Å²) < 4.78 is 3.03. The van der Waals surface area contributed by atoms with Crippen LogP contribution in [-0.4, -0.2) is 0 Å². The maximum absolute atomic E-state index is 3.26. The van der Waals surface area contributed by atoms with Crippen molar-refractivity contribution in [3.8, 4) is 0 Å². The summed E-state index contributed by atoms with van der Waals surface area (Å²) in [6, 6.07) is 6.46. The first-order chi connectivity index (χ1) is 5.65. The van der Waals surface area contributed by atoms with E-state index in [4.69, 9.17) is 0 Å². The van der Waals surface area contributed by atoms with E-state index in [1.165, 1.54) is 16.8 Å². The normalized spacial score (nSPS) is 10.4. The van der Waals surface area contributed by atoms with Crippen LogP contribution in [0.2, 0.25) is 0 Å². The molecule has 0 unspecified atom stereocenters. The maximum atomic E-state index is 3.26. The van der Waals surface area contributed by atoms with Crippen molar-refractivity contribution in [3.63, 3.8) is 0 Å². The average Bonchev–Trinajstić information content (AvgIpc) is 2.03. The van der Waals surface area contributed by atoms with Gasteiger partial charge in [0.1, 0.15) is 0 Å². The lowest BCUT2D eigenvalue weighted by Gasteiger charge is -2.11. The van der Waals surface area contributed by atoms with Crippen molar-refractivity contribution in [1.29, 1.82) is 0 Å². The Morgan fingerprint density at radius 2 is 2.00 bits per heavy atom. The van der Waals surface area contributed by atoms with Gasteiger partial charge < -0.3 is 4.34 Å². The monoisotopic (exact) mass is 227 g/mol. The van der Waals surface area contributed by atoms with Gasteiger partial charge in [0.05, 0.1) is 0 Å². The molecule has 0 bridgehead atoms. The zero-order valence-corrected chi connectivity index (χ0v) is 9.27. The third kappa shape index (κ3) is 2.01. The Morgan fingerprint density at radius 1 is 1.33 bits per heavy atom. The predicted octanol–water partition coefficient (Wildman–Crippen LogP) is 3.84. The Morgan fingerprint density at radius 3 is 2.50 bits per heavy atom. The van der Waals surface area contributed by atoms with Gasteiger partial charge >= 0.3 is 0 Å². The molecule has 0 saturated carbocycles. The third-order valence-electron chi connectivity index (χ3n) is 1.93. The van der Waals surface area contributed by atoms with Crippen LogP contribution < -0.4 is 4.34 Å². The first-order valence-corrected chi connectivity index (χ1v) is 4.91. The molecule has 0 spiro atoms. The molecular formula is C10H14BrN. The van der Waals surface area contributed by atoms with Gasteiger partial charge in [0, 0.05) is 21.8 Å². The molecule has 0 fully saturated rings. The lowest BCUT2D eigenvalue weighted by molar-refractivity contribution is 0.869. The van der Waals surface area contributed by atoms with Crippen LogP contribution in [0, 0.1) is 6.92 Å². The van der Waals surface area contributed by atoms with Crippen molar-refractivity contribution < 1.29 is 0 Å². The molecule has 1 aromatic rings. The van der Waals surface area contributed by atoms with E-state index in [2.05, 4.69) is 59.5 Å². The number of hydrogen-bond donors (Lipinski definition) is 1. The molecule has 2 heteroatoms. The lowest BCUT2D eigenvalue weighted by atomic mass is 10.00. The van der Waals surface area contributed by atoms with Crippen LogP contribution >= 0.6 is 16.1 Å². The summed E-state index contributed by atoms with van der Waals surface area (Å²) in [6.07, 6.45) is 0. The molecule has 0 atom stereocenters. The first kappa shape index (κ1) is 9.59. The Kier molecular flexibility index (Phi) is 3.15. The number of halogens is 1. The van der Waals surface area contributed by atoms with Crippen LogP contribution in [0.4, 0.5) is 5.69 Å². The van der Waals surface area contributed by atoms with E-state index in [9.17, 15) is 0 Å². The molecule has 1 N–H and O–H groups in total. The van der Waals surface area contributed by atoms with Crippen molar-refractivity contribution in [2.75, 3.05) is 4.34 Å². The lowest BCUT2D eigenvalue weighted by Crippen LogP contribution is -1.93. The number of hydrogen-bond acceptors (Lipinski definition) is 1. The molecule has 1 nitrogen and oxygen atoms in total. The van der Waals surface area contributed by atoms with Crippen LogP contribution in [0.1, 0.15) is 30.9 Å². The number of aryl methyl sites for hydroxylation is 1. The second-order valence-electron chi connectivity index (χ2n) is 3.34. The predicted molar refractivity (Wildman–Crippen MR) is 57.8 cm³/mol. The molecule has 0 radical (unpaired) electrons. The van der Waals surface area contributed by atoms with Gasteiger partial charge in [0.2, 0.25) is 0 Å². The van der Waals surface area contributed by atoms with Crippen LogP contribution in [0.5, 0.6) is 0 Å². The molecule has 1 aromatic carbocycles. The van der Waals surface area contributed by atoms with E-state index in [0.29, 0.717) is 5.92 Å². The highest BCUT2D eigenvalue weighted by Gasteiger charge is 2.04. The summed E-state index contributed by atoms with van der Waals surface area (Å²) >= 11 is 3.26. The van der Waals surface area contributed by atoms with Crippen LogP contribution in [0.15, 0.2) is 18.2 Å². The highest BCUT2D eigenvalue weighted by Crippen LogP contribution is 2.25. The standard InChI is InChI=1S/C10H14BrN/c1-7(2)9-5-4-8(3)6-10(9)12-11/h4-7,12H,1-3H3. The van der Waals surface area contributed by atoms with E-state index in [-0.39, 0.29) is 0 Å². The largest absolute Gasteiger partial charge is 0.322 e. The van der Waals surface area contributed by atoms with Gasteiger partial charge in [-0.25, -0.2) is 0 Å². The smallest absolute Gasteiger partial charge is 0.0478 e. The Hall–Kier alpha value is -0.500. The van der Waals surface area contributed by atoms with Crippen molar-refractivity contribution >= 4 is 21.8 Å². The van der Waals surface area contributed by atoms with E-state index in [0.717, 1.165) is 0 Å². The molecule has 0 aromatic heterocycles.